The molecule has 2 aromatic rings. The maximum Gasteiger partial charge on any atom is 0.344 e. The first-order chi connectivity index (χ1) is 13.0. The molecule has 0 fully saturated rings. The average molecular weight is 367 g/mol. The molecule has 5 nitrogen and oxygen atoms in total. The maximum absolute atomic E-state index is 12.2. The van der Waals surface area contributed by atoms with E-state index in [0.717, 1.165) is 36.0 Å². The molecular formula is C22H25NO4. The van der Waals surface area contributed by atoms with Crippen molar-refractivity contribution in [1.82, 2.24) is 5.32 Å². The fourth-order valence-electron chi connectivity index (χ4n) is 3.49. The summed E-state index contributed by atoms with van der Waals surface area (Å²) >= 11 is 0. The van der Waals surface area contributed by atoms with Crippen LogP contribution in [0.2, 0.25) is 0 Å². The molecule has 1 N–H and O–H groups in total. The number of ether oxygens (including phenoxy) is 2. The van der Waals surface area contributed by atoms with Crippen molar-refractivity contribution in [3.63, 3.8) is 0 Å². The third-order valence-electron chi connectivity index (χ3n) is 4.81. The van der Waals surface area contributed by atoms with Crippen LogP contribution in [0.4, 0.5) is 0 Å². The second kappa shape index (κ2) is 8.71. The van der Waals surface area contributed by atoms with Crippen LogP contribution in [0.25, 0.3) is 0 Å². The molecule has 3 rings (SSSR count). The minimum Gasteiger partial charge on any atom is -0.481 e. The van der Waals surface area contributed by atoms with Crippen LogP contribution in [0.15, 0.2) is 42.5 Å². The number of nitrogens with one attached hydrogen (secondary N) is 1. The highest BCUT2D eigenvalue weighted by Crippen LogP contribution is 2.29. The lowest BCUT2D eigenvalue weighted by Crippen LogP contribution is -2.34. The number of hydrogen-bond donors (Lipinski definition) is 1. The van der Waals surface area contributed by atoms with E-state index in [1.54, 1.807) is 0 Å². The van der Waals surface area contributed by atoms with E-state index < -0.39 is 5.97 Å². The SMILES string of the molecule is Cc1cccc(C)c1OCC(=O)OCC(=O)N[C@H]1CCCc2ccccc21. The summed E-state index contributed by atoms with van der Waals surface area (Å²) in [5.41, 5.74) is 4.34. The summed E-state index contributed by atoms with van der Waals surface area (Å²) in [6, 6.07) is 13.9. The van der Waals surface area contributed by atoms with E-state index in [1.165, 1.54) is 5.56 Å². The van der Waals surface area contributed by atoms with E-state index in [4.69, 9.17) is 9.47 Å². The molecule has 1 amide bonds. The Morgan fingerprint density at radius 3 is 2.56 bits per heavy atom. The van der Waals surface area contributed by atoms with Crippen LogP contribution in [0, 0.1) is 13.8 Å². The van der Waals surface area contributed by atoms with E-state index in [0.29, 0.717) is 5.75 Å². The summed E-state index contributed by atoms with van der Waals surface area (Å²) in [7, 11) is 0. The third-order valence-corrected chi connectivity index (χ3v) is 4.81. The van der Waals surface area contributed by atoms with Crippen LogP contribution in [-0.2, 0) is 20.7 Å². The fraction of sp³-hybridized carbons (Fsp3) is 0.364. The summed E-state index contributed by atoms with van der Waals surface area (Å²) in [6.07, 6.45) is 2.96. The van der Waals surface area contributed by atoms with Crippen molar-refractivity contribution in [1.29, 1.82) is 0 Å². The highest BCUT2D eigenvalue weighted by atomic mass is 16.6. The molecule has 142 valence electrons. The van der Waals surface area contributed by atoms with E-state index in [9.17, 15) is 9.59 Å². The molecule has 27 heavy (non-hydrogen) atoms. The van der Waals surface area contributed by atoms with E-state index in [-0.39, 0.29) is 25.2 Å². The Morgan fingerprint density at radius 1 is 1.04 bits per heavy atom. The molecule has 0 aliphatic heterocycles. The van der Waals surface area contributed by atoms with Crippen molar-refractivity contribution in [2.75, 3.05) is 13.2 Å². The molecule has 0 radical (unpaired) electrons. The van der Waals surface area contributed by atoms with Gasteiger partial charge in [-0.2, -0.15) is 0 Å². The van der Waals surface area contributed by atoms with Crippen molar-refractivity contribution in [2.24, 2.45) is 0 Å². The van der Waals surface area contributed by atoms with Gasteiger partial charge in [0.2, 0.25) is 0 Å². The van der Waals surface area contributed by atoms with Crippen molar-refractivity contribution < 1.29 is 19.1 Å². The van der Waals surface area contributed by atoms with Gasteiger partial charge in [-0.25, -0.2) is 4.79 Å². The molecule has 0 unspecified atom stereocenters. The lowest BCUT2D eigenvalue weighted by atomic mass is 9.88. The van der Waals surface area contributed by atoms with Gasteiger partial charge in [-0.05, 0) is 55.4 Å². The first-order valence-corrected chi connectivity index (χ1v) is 9.26. The number of hydrogen-bond acceptors (Lipinski definition) is 4. The van der Waals surface area contributed by atoms with Crippen LogP contribution in [0.5, 0.6) is 5.75 Å². The van der Waals surface area contributed by atoms with Gasteiger partial charge in [0.15, 0.2) is 13.2 Å². The smallest absolute Gasteiger partial charge is 0.344 e. The van der Waals surface area contributed by atoms with Gasteiger partial charge >= 0.3 is 5.97 Å². The van der Waals surface area contributed by atoms with Crippen molar-refractivity contribution >= 4 is 11.9 Å². The van der Waals surface area contributed by atoms with Crippen molar-refractivity contribution in [3.05, 3.63) is 64.7 Å². The predicted octanol–water partition coefficient (Wildman–Crippen LogP) is 3.42. The number of carbonyl (C=O) groups is 2. The highest BCUT2D eigenvalue weighted by Gasteiger charge is 2.21. The van der Waals surface area contributed by atoms with Gasteiger partial charge in [0.1, 0.15) is 5.75 Å². The first-order valence-electron chi connectivity index (χ1n) is 9.26. The number of benzene rings is 2. The van der Waals surface area contributed by atoms with Crippen molar-refractivity contribution in [3.8, 4) is 5.75 Å². The molecule has 1 atom stereocenters. The molecule has 2 aromatic carbocycles. The fourth-order valence-corrected chi connectivity index (χ4v) is 3.49. The van der Waals surface area contributed by atoms with E-state index >= 15 is 0 Å². The lowest BCUT2D eigenvalue weighted by Gasteiger charge is -2.26. The summed E-state index contributed by atoms with van der Waals surface area (Å²) in [6.45, 7) is 3.32. The first kappa shape index (κ1) is 19.0. The molecule has 5 heteroatoms. The van der Waals surface area contributed by atoms with E-state index in [2.05, 4.69) is 11.4 Å². The predicted molar refractivity (Wildman–Crippen MR) is 103 cm³/mol. The van der Waals surface area contributed by atoms with Gasteiger partial charge in [0.05, 0.1) is 6.04 Å². The molecule has 0 saturated carbocycles. The second-order valence-electron chi connectivity index (χ2n) is 6.88. The van der Waals surface area contributed by atoms with Crippen molar-refractivity contribution in [2.45, 2.75) is 39.2 Å². The molecular weight excluding hydrogens is 342 g/mol. The van der Waals surface area contributed by atoms with Crippen LogP contribution >= 0.6 is 0 Å². The molecule has 0 saturated heterocycles. The van der Waals surface area contributed by atoms with E-state index in [1.807, 2.05) is 50.2 Å². The summed E-state index contributed by atoms with van der Waals surface area (Å²) < 4.78 is 10.6. The topological polar surface area (TPSA) is 64.6 Å². The molecule has 0 bridgehead atoms. The van der Waals surface area contributed by atoms with Crippen LogP contribution < -0.4 is 10.1 Å². The minimum atomic E-state index is -0.558. The molecule has 1 aliphatic rings. The Bertz CT molecular complexity index is 811. The normalized spacial score (nSPS) is 15.6. The zero-order valence-corrected chi connectivity index (χ0v) is 15.8. The van der Waals surface area contributed by atoms with Gasteiger partial charge < -0.3 is 14.8 Å². The molecule has 0 aromatic heterocycles. The number of aryl methyl sites for hydroxylation is 3. The number of esters is 1. The Labute approximate surface area is 159 Å². The number of rotatable bonds is 6. The van der Waals surface area contributed by atoms with Crippen LogP contribution in [-0.4, -0.2) is 25.1 Å². The standard InChI is InChI=1S/C22H25NO4/c1-15-7-5-8-16(2)22(15)27-14-21(25)26-13-20(24)23-19-12-6-10-17-9-3-4-11-18(17)19/h3-5,7-9,11,19H,6,10,12-14H2,1-2H3,(H,23,24)/t19-/m0/s1. The largest absolute Gasteiger partial charge is 0.481 e. The summed E-state index contributed by atoms with van der Waals surface area (Å²) in [4.78, 5) is 24.1. The van der Waals surface area contributed by atoms with Crippen LogP contribution in [0.1, 0.15) is 41.1 Å². The van der Waals surface area contributed by atoms with Gasteiger partial charge in [-0.1, -0.05) is 42.5 Å². The number of amides is 1. The van der Waals surface area contributed by atoms with Gasteiger partial charge in [0, 0.05) is 0 Å². The number of carbonyl (C=O) groups excluding carboxylic acids is 2. The summed E-state index contributed by atoms with van der Waals surface area (Å²) in [5.74, 6) is -0.174. The molecule has 0 heterocycles. The zero-order chi connectivity index (χ0) is 19.2. The monoisotopic (exact) mass is 367 g/mol. The number of fused-ring (bicyclic) bond motifs is 1. The van der Waals surface area contributed by atoms with Crippen LogP contribution in [0.3, 0.4) is 0 Å². The number of para-hydroxylation sites is 1. The molecule has 1 aliphatic carbocycles. The molecule has 0 spiro atoms. The minimum absolute atomic E-state index is 0.0213. The lowest BCUT2D eigenvalue weighted by molar-refractivity contribution is -0.150. The Morgan fingerprint density at radius 2 is 1.78 bits per heavy atom. The third kappa shape index (κ3) is 4.88. The summed E-state index contributed by atoms with van der Waals surface area (Å²) in [5, 5.41) is 2.97. The Hall–Kier alpha value is -2.82. The average Bonchev–Trinajstić information content (AvgIpc) is 2.66. The Kier molecular flexibility index (Phi) is 6.12. The second-order valence-corrected chi connectivity index (χ2v) is 6.88. The van der Waals surface area contributed by atoms with Gasteiger partial charge in [0.25, 0.3) is 5.91 Å². The zero-order valence-electron chi connectivity index (χ0n) is 15.8. The van der Waals surface area contributed by atoms with Gasteiger partial charge in [-0.15, -0.1) is 0 Å². The van der Waals surface area contributed by atoms with Gasteiger partial charge in [-0.3, -0.25) is 4.79 Å². The highest BCUT2D eigenvalue weighted by molar-refractivity contribution is 5.81. The quantitative estimate of drug-likeness (QED) is 0.795. The Balaban J connectivity index is 1.46. The maximum atomic E-state index is 12.2.